The fourth-order valence-corrected chi connectivity index (χ4v) is 1.51. The van der Waals surface area contributed by atoms with Crippen molar-refractivity contribution in [2.75, 3.05) is 7.11 Å². The highest BCUT2D eigenvalue weighted by Crippen LogP contribution is 2.33. The summed E-state index contributed by atoms with van der Waals surface area (Å²) in [5.41, 5.74) is -0.0733. The first-order chi connectivity index (χ1) is 6.06. The van der Waals surface area contributed by atoms with Crippen molar-refractivity contribution in [2.45, 2.75) is 0 Å². The third-order valence-corrected chi connectivity index (χ3v) is 2.00. The second-order valence-corrected chi connectivity index (χ2v) is 3.07. The molecular formula is C8H5Cl2O3-. The fraction of sp³-hybridized carbons (Fsp3) is 0.125. The minimum Gasteiger partial charge on any atom is -0.545 e. The third-order valence-electron chi connectivity index (χ3n) is 1.44. The molecule has 0 unspecified atom stereocenters. The number of carbonyl (C=O) groups is 1. The van der Waals surface area contributed by atoms with Crippen LogP contribution in [0.3, 0.4) is 0 Å². The summed E-state index contributed by atoms with van der Waals surface area (Å²) in [5.74, 6) is -1.07. The number of methoxy groups -OCH3 is 1. The number of hydrogen-bond acceptors (Lipinski definition) is 3. The third kappa shape index (κ3) is 2.05. The molecule has 0 saturated carbocycles. The predicted molar refractivity (Wildman–Crippen MR) is 47.3 cm³/mol. The first-order valence-electron chi connectivity index (χ1n) is 3.30. The van der Waals surface area contributed by atoms with Gasteiger partial charge in [0, 0.05) is 5.56 Å². The minimum atomic E-state index is -1.33. The van der Waals surface area contributed by atoms with Crippen molar-refractivity contribution in [3.8, 4) is 5.75 Å². The Morgan fingerprint density at radius 1 is 1.38 bits per heavy atom. The van der Waals surface area contributed by atoms with E-state index in [-0.39, 0.29) is 21.4 Å². The topological polar surface area (TPSA) is 49.4 Å². The van der Waals surface area contributed by atoms with Crippen LogP contribution in [-0.2, 0) is 0 Å². The quantitative estimate of drug-likeness (QED) is 0.756. The Balaban J connectivity index is 3.28. The van der Waals surface area contributed by atoms with E-state index in [0.29, 0.717) is 0 Å². The maximum absolute atomic E-state index is 10.4. The number of carboxylic acids is 1. The number of carbonyl (C=O) groups excluding carboxylic acids is 1. The number of benzene rings is 1. The summed E-state index contributed by atoms with van der Waals surface area (Å²) < 4.78 is 4.83. The SMILES string of the molecule is COc1c(Cl)cc(C(=O)[O-])cc1Cl. The Bertz CT molecular complexity index is 326. The van der Waals surface area contributed by atoms with Crippen LogP contribution in [0.1, 0.15) is 10.4 Å². The Morgan fingerprint density at radius 2 is 1.85 bits per heavy atom. The van der Waals surface area contributed by atoms with Gasteiger partial charge in [-0.2, -0.15) is 0 Å². The van der Waals surface area contributed by atoms with Crippen LogP contribution >= 0.6 is 23.2 Å². The van der Waals surface area contributed by atoms with Gasteiger partial charge < -0.3 is 14.6 Å². The molecule has 13 heavy (non-hydrogen) atoms. The largest absolute Gasteiger partial charge is 0.545 e. The van der Waals surface area contributed by atoms with Crippen LogP contribution in [0.25, 0.3) is 0 Å². The van der Waals surface area contributed by atoms with E-state index in [1.54, 1.807) is 0 Å². The lowest BCUT2D eigenvalue weighted by atomic mass is 10.2. The lowest BCUT2D eigenvalue weighted by molar-refractivity contribution is -0.255. The summed E-state index contributed by atoms with van der Waals surface area (Å²) in [5, 5.41) is 10.7. The highest BCUT2D eigenvalue weighted by atomic mass is 35.5. The molecule has 5 heteroatoms. The number of aromatic carboxylic acids is 1. The van der Waals surface area contributed by atoms with E-state index in [9.17, 15) is 9.90 Å². The van der Waals surface area contributed by atoms with Crippen LogP contribution < -0.4 is 9.84 Å². The average molecular weight is 220 g/mol. The van der Waals surface area contributed by atoms with Gasteiger partial charge in [-0.25, -0.2) is 0 Å². The maximum Gasteiger partial charge on any atom is 0.156 e. The van der Waals surface area contributed by atoms with E-state index in [4.69, 9.17) is 27.9 Å². The van der Waals surface area contributed by atoms with Crippen molar-refractivity contribution in [1.82, 2.24) is 0 Å². The monoisotopic (exact) mass is 219 g/mol. The summed E-state index contributed by atoms with van der Waals surface area (Å²) in [7, 11) is 1.39. The second-order valence-electron chi connectivity index (χ2n) is 2.26. The van der Waals surface area contributed by atoms with Crippen molar-refractivity contribution >= 4 is 29.2 Å². The number of hydrogen-bond donors (Lipinski definition) is 0. The number of rotatable bonds is 2. The standard InChI is InChI=1S/C8H6Cl2O3/c1-13-7-5(9)2-4(8(11)12)3-6(7)10/h2-3H,1H3,(H,11,12)/p-1. The van der Waals surface area contributed by atoms with E-state index >= 15 is 0 Å². The van der Waals surface area contributed by atoms with E-state index in [2.05, 4.69) is 0 Å². The van der Waals surface area contributed by atoms with Crippen molar-refractivity contribution in [3.63, 3.8) is 0 Å². The molecule has 0 saturated heterocycles. The van der Waals surface area contributed by atoms with Gasteiger partial charge in [-0.05, 0) is 12.1 Å². The first kappa shape index (κ1) is 10.2. The zero-order chi connectivity index (χ0) is 10.0. The van der Waals surface area contributed by atoms with Gasteiger partial charge in [0.05, 0.1) is 23.1 Å². The summed E-state index contributed by atoms with van der Waals surface area (Å²) in [4.78, 5) is 10.4. The smallest absolute Gasteiger partial charge is 0.156 e. The lowest BCUT2D eigenvalue weighted by Gasteiger charge is -2.08. The molecule has 0 amide bonds. The van der Waals surface area contributed by atoms with Crippen molar-refractivity contribution in [2.24, 2.45) is 0 Å². The van der Waals surface area contributed by atoms with Crippen molar-refractivity contribution in [1.29, 1.82) is 0 Å². The summed E-state index contributed by atoms with van der Waals surface area (Å²) >= 11 is 11.4. The molecule has 0 aliphatic rings. The summed E-state index contributed by atoms with van der Waals surface area (Å²) in [6, 6.07) is 2.45. The highest BCUT2D eigenvalue weighted by Gasteiger charge is 2.08. The van der Waals surface area contributed by atoms with Gasteiger partial charge in [-0.3, -0.25) is 0 Å². The molecule has 1 aromatic rings. The van der Waals surface area contributed by atoms with Crippen molar-refractivity contribution < 1.29 is 14.6 Å². The zero-order valence-electron chi connectivity index (χ0n) is 6.64. The van der Waals surface area contributed by atoms with Crippen LogP contribution in [0.5, 0.6) is 5.75 Å². The van der Waals surface area contributed by atoms with Crippen LogP contribution in [-0.4, -0.2) is 13.1 Å². The fourth-order valence-electron chi connectivity index (χ4n) is 0.873. The van der Waals surface area contributed by atoms with Gasteiger partial charge >= 0.3 is 0 Å². The minimum absolute atomic E-state index is 0.0733. The molecule has 0 aliphatic carbocycles. The molecule has 1 aromatic carbocycles. The maximum atomic E-state index is 10.4. The molecule has 70 valence electrons. The van der Waals surface area contributed by atoms with E-state index in [1.165, 1.54) is 19.2 Å². The Morgan fingerprint density at radius 3 is 2.15 bits per heavy atom. The summed E-state index contributed by atoms with van der Waals surface area (Å²) in [6.45, 7) is 0. The second kappa shape index (κ2) is 3.85. The summed E-state index contributed by atoms with van der Waals surface area (Å²) in [6.07, 6.45) is 0. The predicted octanol–water partition coefficient (Wildman–Crippen LogP) is 1.37. The van der Waals surface area contributed by atoms with E-state index in [1.807, 2.05) is 0 Å². The molecular weight excluding hydrogens is 215 g/mol. The lowest BCUT2D eigenvalue weighted by Crippen LogP contribution is -2.22. The molecule has 0 N–H and O–H groups in total. The first-order valence-corrected chi connectivity index (χ1v) is 4.06. The average Bonchev–Trinajstić information content (AvgIpc) is 2.03. The Labute approximate surface area is 84.8 Å². The highest BCUT2D eigenvalue weighted by molar-refractivity contribution is 6.37. The molecule has 0 fully saturated rings. The van der Waals surface area contributed by atoms with Gasteiger partial charge in [0.25, 0.3) is 0 Å². The molecule has 0 spiro atoms. The van der Waals surface area contributed by atoms with E-state index < -0.39 is 5.97 Å². The van der Waals surface area contributed by atoms with Crippen LogP contribution in [0, 0.1) is 0 Å². The molecule has 0 atom stereocenters. The normalized spacial score (nSPS) is 9.77. The Kier molecular flexibility index (Phi) is 3.01. The van der Waals surface area contributed by atoms with Crippen LogP contribution in [0.4, 0.5) is 0 Å². The molecule has 0 bridgehead atoms. The van der Waals surface area contributed by atoms with Gasteiger partial charge in [-0.15, -0.1) is 0 Å². The van der Waals surface area contributed by atoms with Gasteiger partial charge in [0.2, 0.25) is 0 Å². The Hall–Kier alpha value is -0.930. The molecule has 0 radical (unpaired) electrons. The van der Waals surface area contributed by atoms with Crippen LogP contribution in [0.2, 0.25) is 10.0 Å². The molecule has 0 heterocycles. The molecule has 0 aromatic heterocycles. The number of ether oxygens (including phenoxy) is 1. The van der Waals surface area contributed by atoms with E-state index in [0.717, 1.165) is 0 Å². The number of halogens is 2. The zero-order valence-corrected chi connectivity index (χ0v) is 8.15. The van der Waals surface area contributed by atoms with Crippen LogP contribution in [0.15, 0.2) is 12.1 Å². The van der Waals surface area contributed by atoms with Gasteiger partial charge in [-0.1, -0.05) is 23.2 Å². The van der Waals surface area contributed by atoms with Crippen molar-refractivity contribution in [3.05, 3.63) is 27.7 Å². The molecule has 1 rings (SSSR count). The number of carboxylic acid groups (broad SMARTS) is 1. The molecule has 3 nitrogen and oxygen atoms in total. The van der Waals surface area contributed by atoms with Gasteiger partial charge in [0.15, 0.2) is 5.75 Å². The van der Waals surface area contributed by atoms with Gasteiger partial charge in [0.1, 0.15) is 0 Å². The molecule has 0 aliphatic heterocycles.